The summed E-state index contributed by atoms with van der Waals surface area (Å²) in [5.41, 5.74) is -9.68. The van der Waals surface area contributed by atoms with Crippen molar-refractivity contribution in [3.8, 4) is 11.1 Å². The summed E-state index contributed by atoms with van der Waals surface area (Å²) in [6, 6.07) is 6.34. The van der Waals surface area contributed by atoms with Gasteiger partial charge in [0, 0.05) is 33.5 Å². The molecule has 3 aromatic carbocycles. The van der Waals surface area contributed by atoms with Crippen LogP contribution in [-0.2, 0) is 33.8 Å². The van der Waals surface area contributed by atoms with E-state index in [1.165, 1.54) is 26.8 Å². The maximum Gasteiger partial charge on any atom is 0.417 e. The molecule has 0 aromatic heterocycles. The SMILES string of the molecule is CCC(C)(C)Nc1ccc(-c2ccc(NC(=O)C(F)(F)c3ccc(C(F)(F)C(=O)C(C)(C)CC)cc3)cc2C(F)(F)F)c(C(F)(F)F)c1. The largest absolute Gasteiger partial charge is 0.417 e. The molecule has 1 amide bonds. The van der Waals surface area contributed by atoms with Gasteiger partial charge in [0.15, 0.2) is 0 Å². The number of rotatable bonds is 11. The minimum atomic E-state index is -5.28. The van der Waals surface area contributed by atoms with Crippen molar-refractivity contribution in [1.29, 1.82) is 0 Å². The van der Waals surface area contributed by atoms with E-state index in [2.05, 4.69) is 5.32 Å². The molecule has 0 aliphatic heterocycles. The minimum absolute atomic E-state index is 0.00532. The zero-order chi connectivity index (χ0) is 36.7. The maximum atomic E-state index is 15.1. The Kier molecular flexibility index (Phi) is 10.4. The molecule has 0 heterocycles. The van der Waals surface area contributed by atoms with E-state index in [0.29, 0.717) is 42.8 Å². The molecule has 0 bridgehead atoms. The van der Waals surface area contributed by atoms with Crippen LogP contribution in [0.15, 0.2) is 60.7 Å². The Morgan fingerprint density at radius 2 is 1.00 bits per heavy atom. The topological polar surface area (TPSA) is 58.2 Å². The predicted octanol–water partition coefficient (Wildman–Crippen LogP) is 10.8. The Labute approximate surface area is 270 Å². The average molecular weight is 693 g/mol. The molecule has 0 aliphatic carbocycles. The molecule has 48 heavy (non-hydrogen) atoms. The lowest BCUT2D eigenvalue weighted by atomic mass is 9.80. The quantitative estimate of drug-likeness (QED) is 0.197. The number of alkyl halides is 10. The van der Waals surface area contributed by atoms with Gasteiger partial charge in [-0.2, -0.15) is 43.9 Å². The fraction of sp³-hybridized carbons (Fsp3) is 0.412. The highest BCUT2D eigenvalue weighted by molar-refractivity contribution is 5.97. The number of Topliss-reactive ketones (excluding diaryl/α,β-unsaturated/α-hetero) is 1. The highest BCUT2D eigenvalue weighted by atomic mass is 19.4. The molecule has 4 nitrogen and oxygen atoms in total. The van der Waals surface area contributed by atoms with Crippen molar-refractivity contribution in [3.63, 3.8) is 0 Å². The first-order valence-electron chi connectivity index (χ1n) is 14.7. The molecule has 2 N–H and O–H groups in total. The number of carbonyl (C=O) groups is 2. The molecular weight excluding hydrogens is 658 g/mol. The third-order valence-electron chi connectivity index (χ3n) is 8.24. The second-order valence-electron chi connectivity index (χ2n) is 12.6. The molecule has 0 aliphatic rings. The van der Waals surface area contributed by atoms with E-state index in [9.17, 15) is 44.7 Å². The van der Waals surface area contributed by atoms with Gasteiger partial charge in [-0.1, -0.05) is 64.1 Å². The van der Waals surface area contributed by atoms with E-state index in [0.717, 1.165) is 12.1 Å². The summed E-state index contributed by atoms with van der Waals surface area (Å²) in [6.07, 6.45) is -9.78. The van der Waals surface area contributed by atoms with Crippen molar-refractivity contribution >= 4 is 23.1 Å². The zero-order valence-electron chi connectivity index (χ0n) is 26.8. The normalized spacial score (nSPS) is 13.3. The maximum absolute atomic E-state index is 15.1. The molecule has 0 saturated heterocycles. The van der Waals surface area contributed by atoms with Gasteiger partial charge >= 0.3 is 24.2 Å². The van der Waals surface area contributed by atoms with Crippen LogP contribution in [0.2, 0.25) is 0 Å². The van der Waals surface area contributed by atoms with Gasteiger partial charge in [-0.05, 0) is 62.1 Å². The summed E-state index contributed by atoms with van der Waals surface area (Å²) in [5.74, 6) is -12.1. The third kappa shape index (κ3) is 8.12. The van der Waals surface area contributed by atoms with Crippen LogP contribution in [0.4, 0.5) is 55.3 Å². The van der Waals surface area contributed by atoms with Crippen LogP contribution in [0, 0.1) is 5.41 Å². The number of carbonyl (C=O) groups excluding carboxylic acids is 2. The average Bonchev–Trinajstić information content (AvgIpc) is 2.99. The number of halogens is 10. The summed E-state index contributed by atoms with van der Waals surface area (Å²) in [5, 5.41) is 4.52. The van der Waals surface area contributed by atoms with Gasteiger partial charge in [0.25, 0.3) is 5.91 Å². The van der Waals surface area contributed by atoms with Crippen LogP contribution in [0.1, 0.15) is 76.6 Å². The lowest BCUT2D eigenvalue weighted by Gasteiger charge is -2.27. The van der Waals surface area contributed by atoms with Crippen molar-refractivity contribution in [2.75, 3.05) is 10.6 Å². The predicted molar refractivity (Wildman–Crippen MR) is 162 cm³/mol. The second kappa shape index (κ2) is 13.1. The molecular formula is C34H34F10N2O2. The highest BCUT2D eigenvalue weighted by Crippen LogP contribution is 2.45. The molecule has 0 atom stereocenters. The van der Waals surface area contributed by atoms with E-state index < -0.39 is 85.9 Å². The number of amides is 1. The molecule has 14 heteroatoms. The minimum Gasteiger partial charge on any atom is -0.380 e. The number of hydrogen-bond donors (Lipinski definition) is 2. The lowest BCUT2D eigenvalue weighted by molar-refractivity contribution is -0.154. The second-order valence-corrected chi connectivity index (χ2v) is 12.6. The van der Waals surface area contributed by atoms with Gasteiger partial charge in [-0.3, -0.25) is 9.59 Å². The molecule has 262 valence electrons. The van der Waals surface area contributed by atoms with Crippen molar-refractivity contribution in [3.05, 3.63) is 82.9 Å². The lowest BCUT2D eigenvalue weighted by Crippen LogP contribution is -2.38. The van der Waals surface area contributed by atoms with Crippen LogP contribution >= 0.6 is 0 Å². The summed E-state index contributed by atoms with van der Waals surface area (Å²) in [7, 11) is 0. The number of hydrogen-bond acceptors (Lipinski definition) is 3. The van der Waals surface area contributed by atoms with Gasteiger partial charge in [-0.15, -0.1) is 0 Å². The van der Waals surface area contributed by atoms with Crippen LogP contribution in [-0.4, -0.2) is 17.2 Å². The fourth-order valence-electron chi connectivity index (χ4n) is 4.61. The van der Waals surface area contributed by atoms with Crippen molar-refractivity contribution in [1.82, 2.24) is 0 Å². The molecule has 0 radical (unpaired) electrons. The van der Waals surface area contributed by atoms with Crippen molar-refractivity contribution in [2.45, 2.75) is 84.1 Å². The van der Waals surface area contributed by atoms with Crippen LogP contribution in [0.25, 0.3) is 11.1 Å². The number of ketones is 1. The molecule has 3 aromatic rings. The Hall–Kier alpha value is -4.10. The van der Waals surface area contributed by atoms with Crippen LogP contribution in [0.3, 0.4) is 0 Å². The summed E-state index contributed by atoms with van der Waals surface area (Å²) < 4.78 is 145. The standard InChI is InChI=1S/C34H34F10N2O2/c1-7-29(3,4)27(47)31(35,36)19-9-11-20(12-10-19)32(37,38)28(48)45-21-13-15-23(25(17-21)33(39,40)41)24-16-14-22(46-30(5,6)8-2)18-26(24)34(42,43)44/h9-18,46H,7-8H2,1-6H3,(H,45,48). The third-order valence-corrected chi connectivity index (χ3v) is 8.24. The summed E-state index contributed by atoms with van der Waals surface area (Å²) in [6.45, 7) is 9.34. The van der Waals surface area contributed by atoms with E-state index in [1.807, 2.05) is 0 Å². The molecule has 3 rings (SSSR count). The van der Waals surface area contributed by atoms with E-state index in [1.54, 1.807) is 26.1 Å². The van der Waals surface area contributed by atoms with Gasteiger partial charge in [0.1, 0.15) is 0 Å². The zero-order valence-corrected chi connectivity index (χ0v) is 26.8. The Balaban J connectivity index is 1.98. The first-order chi connectivity index (χ1) is 21.8. The number of anilines is 2. The van der Waals surface area contributed by atoms with Gasteiger partial charge < -0.3 is 10.6 Å². The van der Waals surface area contributed by atoms with E-state index in [4.69, 9.17) is 0 Å². The molecule has 0 fully saturated rings. The van der Waals surface area contributed by atoms with Gasteiger partial charge in [0.05, 0.1) is 11.1 Å². The van der Waals surface area contributed by atoms with Gasteiger partial charge in [0.2, 0.25) is 5.78 Å². The first-order valence-corrected chi connectivity index (χ1v) is 14.7. The summed E-state index contributed by atoms with van der Waals surface area (Å²) in [4.78, 5) is 24.9. The molecule has 0 saturated carbocycles. The first kappa shape index (κ1) is 38.3. The van der Waals surface area contributed by atoms with Crippen LogP contribution < -0.4 is 10.6 Å². The van der Waals surface area contributed by atoms with Crippen LogP contribution in [0.5, 0.6) is 0 Å². The van der Waals surface area contributed by atoms with Crippen molar-refractivity contribution in [2.24, 2.45) is 5.41 Å². The Bertz CT molecular complexity index is 1660. The Morgan fingerprint density at radius 3 is 1.42 bits per heavy atom. The molecule has 0 unspecified atom stereocenters. The smallest absolute Gasteiger partial charge is 0.380 e. The monoisotopic (exact) mass is 692 g/mol. The van der Waals surface area contributed by atoms with E-state index in [-0.39, 0.29) is 18.2 Å². The highest BCUT2D eigenvalue weighted by Gasteiger charge is 2.48. The Morgan fingerprint density at radius 1 is 0.583 bits per heavy atom. The number of nitrogens with one attached hydrogen (secondary N) is 2. The number of benzene rings is 3. The van der Waals surface area contributed by atoms with E-state index >= 15 is 8.78 Å². The summed E-state index contributed by atoms with van der Waals surface area (Å²) >= 11 is 0. The fourth-order valence-corrected chi connectivity index (χ4v) is 4.61. The molecule has 0 spiro atoms. The van der Waals surface area contributed by atoms with Crippen molar-refractivity contribution < 1.29 is 53.5 Å². The van der Waals surface area contributed by atoms with Gasteiger partial charge in [-0.25, -0.2) is 0 Å².